The minimum Gasteiger partial charge on any atom is -0.494 e. The molecular formula is C15H17NO3. The van der Waals surface area contributed by atoms with E-state index in [4.69, 9.17) is 9.84 Å². The molecular weight excluding hydrogens is 242 g/mol. The summed E-state index contributed by atoms with van der Waals surface area (Å²) in [6.07, 6.45) is 2.78. The van der Waals surface area contributed by atoms with E-state index >= 15 is 0 Å². The van der Waals surface area contributed by atoms with E-state index in [1.165, 1.54) is 0 Å². The molecule has 0 atom stereocenters. The summed E-state index contributed by atoms with van der Waals surface area (Å²) in [5.74, 6) is -0.114. The lowest BCUT2D eigenvalue weighted by atomic mass is 10.1. The van der Waals surface area contributed by atoms with Crippen molar-refractivity contribution in [3.63, 3.8) is 0 Å². The van der Waals surface area contributed by atoms with Gasteiger partial charge in [0.05, 0.1) is 6.61 Å². The fourth-order valence-electron chi connectivity index (χ4n) is 2.27. The predicted molar refractivity (Wildman–Crippen MR) is 75.5 cm³/mol. The standard InChI is InChI=1S/C15H17NO3/c1-4-19-11-5-6-14-12(9-11)10(2)13(16(14)3)7-8-15(17)18/h5-9H,4H2,1-3H3,(H,17,18)/b8-7+. The van der Waals surface area contributed by atoms with Crippen molar-refractivity contribution >= 4 is 22.9 Å². The molecule has 0 fully saturated rings. The van der Waals surface area contributed by atoms with Crippen LogP contribution in [0.2, 0.25) is 0 Å². The molecule has 0 unspecified atom stereocenters. The fraction of sp³-hybridized carbons (Fsp3) is 0.267. The molecule has 0 amide bonds. The Morgan fingerprint density at radius 2 is 2.21 bits per heavy atom. The molecule has 0 spiro atoms. The minimum absolute atomic E-state index is 0.628. The van der Waals surface area contributed by atoms with Crippen LogP contribution in [-0.4, -0.2) is 22.2 Å². The van der Waals surface area contributed by atoms with Gasteiger partial charge >= 0.3 is 5.97 Å². The smallest absolute Gasteiger partial charge is 0.328 e. The highest BCUT2D eigenvalue weighted by Crippen LogP contribution is 2.29. The molecule has 1 aromatic heterocycles. The average Bonchev–Trinajstić information content (AvgIpc) is 2.60. The maximum absolute atomic E-state index is 10.6. The number of nitrogens with zero attached hydrogens (tertiary/aromatic N) is 1. The molecule has 0 aliphatic carbocycles. The summed E-state index contributed by atoms with van der Waals surface area (Å²) >= 11 is 0. The molecule has 0 bridgehead atoms. The lowest BCUT2D eigenvalue weighted by Gasteiger charge is -2.03. The molecule has 0 aliphatic rings. The van der Waals surface area contributed by atoms with Crippen molar-refractivity contribution in [2.75, 3.05) is 6.61 Å². The average molecular weight is 259 g/mol. The highest BCUT2D eigenvalue weighted by molar-refractivity contribution is 5.91. The van der Waals surface area contributed by atoms with Crippen LogP contribution in [0.15, 0.2) is 24.3 Å². The van der Waals surface area contributed by atoms with Crippen molar-refractivity contribution < 1.29 is 14.6 Å². The third-order valence-corrected chi connectivity index (χ3v) is 3.17. The summed E-state index contributed by atoms with van der Waals surface area (Å²) in [6.45, 7) is 4.56. The molecule has 2 rings (SSSR count). The van der Waals surface area contributed by atoms with Gasteiger partial charge in [0, 0.05) is 29.7 Å². The number of aryl methyl sites for hydroxylation is 2. The zero-order chi connectivity index (χ0) is 14.0. The maximum atomic E-state index is 10.6. The predicted octanol–water partition coefficient (Wildman–Crippen LogP) is 2.98. The van der Waals surface area contributed by atoms with Gasteiger partial charge in [-0.05, 0) is 43.7 Å². The van der Waals surface area contributed by atoms with Crippen LogP contribution in [0.3, 0.4) is 0 Å². The van der Waals surface area contributed by atoms with Crippen molar-refractivity contribution in [2.45, 2.75) is 13.8 Å². The molecule has 0 saturated carbocycles. The van der Waals surface area contributed by atoms with Gasteiger partial charge in [-0.2, -0.15) is 0 Å². The van der Waals surface area contributed by atoms with Gasteiger partial charge < -0.3 is 14.4 Å². The topological polar surface area (TPSA) is 51.5 Å². The van der Waals surface area contributed by atoms with Gasteiger partial charge in [-0.3, -0.25) is 0 Å². The number of carboxylic acids is 1. The first kappa shape index (κ1) is 13.2. The van der Waals surface area contributed by atoms with Crippen LogP contribution in [0.1, 0.15) is 18.2 Å². The number of hydrogen-bond donors (Lipinski definition) is 1. The number of carbonyl (C=O) groups is 1. The van der Waals surface area contributed by atoms with Crippen LogP contribution in [-0.2, 0) is 11.8 Å². The number of carboxylic acid groups (broad SMARTS) is 1. The normalized spacial score (nSPS) is 11.3. The zero-order valence-electron chi connectivity index (χ0n) is 11.3. The Labute approximate surface area is 111 Å². The summed E-state index contributed by atoms with van der Waals surface area (Å²) in [5, 5.41) is 9.81. The fourth-order valence-corrected chi connectivity index (χ4v) is 2.27. The van der Waals surface area contributed by atoms with Crippen molar-refractivity contribution in [2.24, 2.45) is 7.05 Å². The van der Waals surface area contributed by atoms with E-state index in [9.17, 15) is 4.79 Å². The molecule has 1 N–H and O–H groups in total. The number of benzene rings is 1. The molecule has 2 aromatic rings. The van der Waals surface area contributed by atoms with Crippen LogP contribution in [0.4, 0.5) is 0 Å². The molecule has 4 nitrogen and oxygen atoms in total. The molecule has 1 heterocycles. The van der Waals surface area contributed by atoms with E-state index in [0.29, 0.717) is 6.61 Å². The van der Waals surface area contributed by atoms with Gasteiger partial charge in [0.15, 0.2) is 0 Å². The summed E-state index contributed by atoms with van der Waals surface area (Å²) in [6, 6.07) is 5.91. The van der Waals surface area contributed by atoms with Crippen LogP contribution < -0.4 is 4.74 Å². The van der Waals surface area contributed by atoms with Crippen molar-refractivity contribution in [3.05, 3.63) is 35.5 Å². The molecule has 0 radical (unpaired) electrons. The lowest BCUT2D eigenvalue weighted by molar-refractivity contribution is -0.131. The summed E-state index contributed by atoms with van der Waals surface area (Å²) < 4.78 is 7.48. The van der Waals surface area contributed by atoms with Crippen LogP contribution >= 0.6 is 0 Å². The van der Waals surface area contributed by atoms with Crippen molar-refractivity contribution in [3.8, 4) is 5.75 Å². The van der Waals surface area contributed by atoms with Gasteiger partial charge in [-0.1, -0.05) is 0 Å². The number of aromatic nitrogens is 1. The molecule has 4 heteroatoms. The second-order valence-electron chi connectivity index (χ2n) is 4.35. The van der Waals surface area contributed by atoms with E-state index < -0.39 is 5.97 Å². The van der Waals surface area contributed by atoms with Crippen LogP contribution in [0, 0.1) is 6.92 Å². The first-order valence-corrected chi connectivity index (χ1v) is 6.17. The van der Waals surface area contributed by atoms with Crippen molar-refractivity contribution in [1.82, 2.24) is 4.57 Å². The Balaban J connectivity index is 2.58. The number of fused-ring (bicyclic) bond motifs is 1. The van der Waals surface area contributed by atoms with Gasteiger partial charge in [-0.15, -0.1) is 0 Å². The van der Waals surface area contributed by atoms with E-state index in [1.54, 1.807) is 6.08 Å². The van der Waals surface area contributed by atoms with Gasteiger partial charge in [0.2, 0.25) is 0 Å². The van der Waals surface area contributed by atoms with E-state index in [2.05, 4.69) is 0 Å². The largest absolute Gasteiger partial charge is 0.494 e. The summed E-state index contributed by atoms with van der Waals surface area (Å²) in [4.78, 5) is 10.6. The Morgan fingerprint density at radius 3 is 2.84 bits per heavy atom. The minimum atomic E-state index is -0.945. The SMILES string of the molecule is CCOc1ccc2c(c1)c(C)c(/C=C/C(=O)O)n2C. The molecule has 0 saturated heterocycles. The molecule has 1 aromatic carbocycles. The zero-order valence-corrected chi connectivity index (χ0v) is 11.3. The first-order chi connectivity index (χ1) is 9.04. The van der Waals surface area contributed by atoms with Crippen LogP contribution in [0.25, 0.3) is 17.0 Å². The van der Waals surface area contributed by atoms with Crippen LogP contribution in [0.5, 0.6) is 5.75 Å². The highest BCUT2D eigenvalue weighted by atomic mass is 16.5. The van der Waals surface area contributed by atoms with E-state index in [-0.39, 0.29) is 0 Å². The molecule has 19 heavy (non-hydrogen) atoms. The lowest BCUT2D eigenvalue weighted by Crippen LogP contribution is -1.93. The third kappa shape index (κ3) is 2.47. The molecule has 0 aliphatic heterocycles. The van der Waals surface area contributed by atoms with Crippen molar-refractivity contribution in [1.29, 1.82) is 0 Å². The van der Waals surface area contributed by atoms with Gasteiger partial charge in [-0.25, -0.2) is 4.79 Å². The maximum Gasteiger partial charge on any atom is 0.328 e. The second kappa shape index (κ2) is 5.18. The third-order valence-electron chi connectivity index (χ3n) is 3.17. The molecule has 100 valence electrons. The van der Waals surface area contributed by atoms with Gasteiger partial charge in [0.1, 0.15) is 5.75 Å². The quantitative estimate of drug-likeness (QED) is 0.859. The van der Waals surface area contributed by atoms with E-state index in [0.717, 1.165) is 34.0 Å². The first-order valence-electron chi connectivity index (χ1n) is 6.17. The Hall–Kier alpha value is -2.23. The second-order valence-corrected chi connectivity index (χ2v) is 4.35. The number of rotatable bonds is 4. The monoisotopic (exact) mass is 259 g/mol. The van der Waals surface area contributed by atoms with Gasteiger partial charge in [0.25, 0.3) is 0 Å². The number of ether oxygens (including phenoxy) is 1. The highest BCUT2D eigenvalue weighted by Gasteiger charge is 2.10. The number of hydrogen-bond acceptors (Lipinski definition) is 2. The summed E-state index contributed by atoms with van der Waals surface area (Å²) in [5.41, 5.74) is 3.01. The summed E-state index contributed by atoms with van der Waals surface area (Å²) in [7, 11) is 1.93. The number of aliphatic carboxylic acids is 1. The van der Waals surface area contributed by atoms with E-state index in [1.807, 2.05) is 43.7 Å². The Bertz CT molecular complexity index is 653. The Morgan fingerprint density at radius 1 is 1.47 bits per heavy atom. The Kier molecular flexibility index (Phi) is 3.60.